The maximum Gasteiger partial charge on any atom is 0.239 e. The molecule has 0 radical (unpaired) electrons. The minimum absolute atomic E-state index is 0.0115. The minimum atomic E-state index is 0.0115. The zero-order chi connectivity index (χ0) is 18.9. The normalized spacial score (nSPS) is 11.9. The van der Waals surface area contributed by atoms with E-state index < -0.39 is 0 Å². The van der Waals surface area contributed by atoms with E-state index in [9.17, 15) is 4.79 Å². The van der Waals surface area contributed by atoms with E-state index in [2.05, 4.69) is 22.0 Å². The van der Waals surface area contributed by atoms with Crippen LogP contribution in [0.15, 0.2) is 54.6 Å². The monoisotopic (exact) mass is 355 g/mol. The first-order valence-corrected chi connectivity index (χ1v) is 8.92. The molecule has 0 aliphatic heterocycles. The third-order valence-corrected chi connectivity index (χ3v) is 4.45. The van der Waals surface area contributed by atoms with Crippen molar-refractivity contribution >= 4 is 11.6 Å². The highest BCUT2D eigenvalue weighted by Crippen LogP contribution is 2.27. The van der Waals surface area contributed by atoms with Crippen molar-refractivity contribution in [1.82, 2.24) is 10.2 Å². The number of para-hydroxylation sites is 2. The summed E-state index contributed by atoms with van der Waals surface area (Å²) in [5, 5.41) is 3.07. The molecule has 0 saturated carbocycles. The zero-order valence-electron chi connectivity index (χ0n) is 16.1. The van der Waals surface area contributed by atoms with Gasteiger partial charge in [-0.1, -0.05) is 36.4 Å². The first-order valence-electron chi connectivity index (χ1n) is 8.92. The number of methoxy groups -OCH3 is 1. The second-order valence-electron chi connectivity index (χ2n) is 6.38. The Balaban J connectivity index is 2.01. The second kappa shape index (κ2) is 9.82. The summed E-state index contributed by atoms with van der Waals surface area (Å²) in [6.45, 7) is 3.70. The molecule has 2 aromatic carbocycles. The minimum Gasteiger partial charge on any atom is -0.496 e. The van der Waals surface area contributed by atoms with Crippen molar-refractivity contribution in [3.05, 3.63) is 60.2 Å². The van der Waals surface area contributed by atoms with Crippen molar-refractivity contribution in [3.63, 3.8) is 0 Å². The molecular formula is C21H29N3O2. The quantitative estimate of drug-likeness (QED) is 0.751. The van der Waals surface area contributed by atoms with Gasteiger partial charge < -0.3 is 19.9 Å². The molecule has 0 saturated heterocycles. The molecular weight excluding hydrogens is 326 g/mol. The molecule has 140 valence electrons. The lowest BCUT2D eigenvalue weighted by atomic mass is 10.0. The van der Waals surface area contributed by atoms with Crippen LogP contribution in [-0.4, -0.2) is 51.6 Å². The summed E-state index contributed by atoms with van der Waals surface area (Å²) in [6.07, 6.45) is 0. The van der Waals surface area contributed by atoms with Gasteiger partial charge in [-0.25, -0.2) is 0 Å². The van der Waals surface area contributed by atoms with Crippen molar-refractivity contribution in [2.24, 2.45) is 0 Å². The van der Waals surface area contributed by atoms with Crippen LogP contribution in [0.3, 0.4) is 0 Å². The second-order valence-corrected chi connectivity index (χ2v) is 6.38. The fraction of sp³-hybridized carbons (Fsp3) is 0.381. The standard InChI is InChI=1S/C21H29N3O2/c1-5-24(17-11-7-6-8-12-17)16-21(25)22-15-19(23(2)3)18-13-9-10-14-20(18)26-4/h6-14,19H,5,15-16H2,1-4H3,(H,22,25). The predicted molar refractivity (Wildman–Crippen MR) is 107 cm³/mol. The average molecular weight is 355 g/mol. The lowest BCUT2D eigenvalue weighted by molar-refractivity contribution is -0.120. The van der Waals surface area contributed by atoms with Crippen LogP contribution in [0.4, 0.5) is 5.69 Å². The van der Waals surface area contributed by atoms with Gasteiger partial charge in [-0.15, -0.1) is 0 Å². The number of ether oxygens (including phenoxy) is 1. The van der Waals surface area contributed by atoms with E-state index in [1.165, 1.54) is 0 Å². The Labute approximate surface area is 156 Å². The SMILES string of the molecule is CCN(CC(=O)NCC(c1ccccc1OC)N(C)C)c1ccccc1. The summed E-state index contributed by atoms with van der Waals surface area (Å²) in [4.78, 5) is 16.6. The maximum atomic E-state index is 12.5. The fourth-order valence-corrected chi connectivity index (χ4v) is 2.98. The molecule has 0 aliphatic carbocycles. The number of likely N-dealkylation sites (N-methyl/N-ethyl adjacent to an activating group) is 2. The van der Waals surface area contributed by atoms with Gasteiger partial charge in [-0.05, 0) is 39.2 Å². The topological polar surface area (TPSA) is 44.8 Å². The number of carbonyl (C=O) groups excluding carboxylic acids is 1. The number of amides is 1. The van der Waals surface area contributed by atoms with Crippen molar-refractivity contribution in [1.29, 1.82) is 0 Å². The van der Waals surface area contributed by atoms with E-state index in [1.54, 1.807) is 7.11 Å². The summed E-state index contributed by atoms with van der Waals surface area (Å²) in [6, 6.07) is 18.0. The summed E-state index contributed by atoms with van der Waals surface area (Å²) in [7, 11) is 5.68. The smallest absolute Gasteiger partial charge is 0.239 e. The largest absolute Gasteiger partial charge is 0.496 e. The number of anilines is 1. The third-order valence-electron chi connectivity index (χ3n) is 4.45. The Kier molecular flexibility index (Phi) is 7.48. The highest BCUT2D eigenvalue weighted by Gasteiger charge is 2.19. The van der Waals surface area contributed by atoms with E-state index in [4.69, 9.17) is 4.74 Å². The van der Waals surface area contributed by atoms with Gasteiger partial charge in [0.25, 0.3) is 0 Å². The number of rotatable bonds is 9. The number of nitrogens with one attached hydrogen (secondary N) is 1. The summed E-state index contributed by atoms with van der Waals surface area (Å²) < 4.78 is 5.48. The van der Waals surface area contributed by atoms with E-state index >= 15 is 0 Å². The zero-order valence-corrected chi connectivity index (χ0v) is 16.1. The predicted octanol–water partition coefficient (Wildman–Crippen LogP) is 2.94. The molecule has 0 fully saturated rings. The first-order chi connectivity index (χ1) is 12.6. The summed E-state index contributed by atoms with van der Waals surface area (Å²) in [5.41, 5.74) is 2.12. The van der Waals surface area contributed by atoms with E-state index in [-0.39, 0.29) is 11.9 Å². The van der Waals surface area contributed by atoms with Gasteiger partial charge in [0.15, 0.2) is 0 Å². The number of hydrogen-bond acceptors (Lipinski definition) is 4. The molecule has 0 aliphatic rings. The Morgan fingerprint density at radius 3 is 2.35 bits per heavy atom. The maximum absolute atomic E-state index is 12.5. The van der Waals surface area contributed by atoms with Crippen molar-refractivity contribution in [2.75, 3.05) is 45.7 Å². The molecule has 2 rings (SSSR count). The summed E-state index contributed by atoms with van der Waals surface area (Å²) in [5.74, 6) is 0.845. The number of nitrogens with zero attached hydrogens (tertiary/aromatic N) is 2. The van der Waals surface area contributed by atoms with Crippen molar-refractivity contribution in [2.45, 2.75) is 13.0 Å². The first kappa shape index (κ1) is 19.8. The molecule has 2 aromatic rings. The highest BCUT2D eigenvalue weighted by molar-refractivity contribution is 5.81. The molecule has 1 unspecified atom stereocenters. The lowest BCUT2D eigenvalue weighted by Gasteiger charge is -2.27. The molecule has 26 heavy (non-hydrogen) atoms. The fourth-order valence-electron chi connectivity index (χ4n) is 2.98. The van der Waals surface area contributed by atoms with Crippen LogP contribution in [0.1, 0.15) is 18.5 Å². The van der Waals surface area contributed by atoms with Crippen LogP contribution < -0.4 is 15.0 Å². The molecule has 0 heterocycles. The van der Waals surface area contributed by atoms with E-state index in [0.717, 1.165) is 23.5 Å². The Morgan fingerprint density at radius 1 is 1.08 bits per heavy atom. The van der Waals surface area contributed by atoms with E-state index in [1.807, 2.05) is 68.7 Å². The molecule has 0 aromatic heterocycles. The number of hydrogen-bond donors (Lipinski definition) is 1. The molecule has 1 amide bonds. The van der Waals surface area contributed by atoms with Gasteiger partial charge in [-0.3, -0.25) is 4.79 Å². The van der Waals surface area contributed by atoms with Crippen molar-refractivity contribution < 1.29 is 9.53 Å². The van der Waals surface area contributed by atoms with Crippen LogP contribution in [0.25, 0.3) is 0 Å². The van der Waals surface area contributed by atoms with Gasteiger partial charge in [-0.2, -0.15) is 0 Å². The number of carbonyl (C=O) groups is 1. The molecule has 1 N–H and O–H groups in total. The van der Waals surface area contributed by atoms with Crippen LogP contribution in [0.5, 0.6) is 5.75 Å². The molecule has 5 nitrogen and oxygen atoms in total. The summed E-state index contributed by atoms with van der Waals surface area (Å²) >= 11 is 0. The highest BCUT2D eigenvalue weighted by atomic mass is 16.5. The average Bonchev–Trinajstić information content (AvgIpc) is 2.67. The Morgan fingerprint density at radius 2 is 1.73 bits per heavy atom. The van der Waals surface area contributed by atoms with Crippen LogP contribution in [-0.2, 0) is 4.79 Å². The van der Waals surface area contributed by atoms with Crippen LogP contribution >= 0.6 is 0 Å². The van der Waals surface area contributed by atoms with Gasteiger partial charge in [0.1, 0.15) is 5.75 Å². The molecule has 5 heteroatoms. The van der Waals surface area contributed by atoms with Gasteiger partial charge in [0, 0.05) is 24.3 Å². The van der Waals surface area contributed by atoms with Crippen LogP contribution in [0, 0.1) is 0 Å². The molecule has 0 spiro atoms. The van der Waals surface area contributed by atoms with Crippen molar-refractivity contribution in [3.8, 4) is 5.75 Å². The van der Waals surface area contributed by atoms with Gasteiger partial charge >= 0.3 is 0 Å². The van der Waals surface area contributed by atoms with E-state index in [0.29, 0.717) is 13.1 Å². The molecule has 0 bridgehead atoms. The van der Waals surface area contributed by atoms with Crippen LogP contribution in [0.2, 0.25) is 0 Å². The molecule has 1 atom stereocenters. The lowest BCUT2D eigenvalue weighted by Crippen LogP contribution is -2.41. The van der Waals surface area contributed by atoms with Gasteiger partial charge in [0.05, 0.1) is 19.7 Å². The van der Waals surface area contributed by atoms with Gasteiger partial charge in [0.2, 0.25) is 5.91 Å². The Bertz CT molecular complexity index is 689. The number of benzene rings is 2. The Hall–Kier alpha value is -2.53. The third kappa shape index (κ3) is 5.23.